The highest BCUT2D eigenvalue weighted by Gasteiger charge is 2.52. The number of ether oxygens (including phenoxy) is 3. The van der Waals surface area contributed by atoms with Crippen LogP contribution in [0.1, 0.15) is 103 Å². The van der Waals surface area contributed by atoms with Crippen LogP contribution < -0.4 is 19.7 Å². The zero-order valence-corrected chi connectivity index (χ0v) is 35.6. The first-order valence-corrected chi connectivity index (χ1v) is 20.9. The Kier molecular flexibility index (Phi) is 12.5. The summed E-state index contributed by atoms with van der Waals surface area (Å²) in [5.74, 6) is 0.540. The monoisotopic (exact) mass is 809 g/mol. The number of hydrogen-bond acceptors (Lipinski definition) is 9. The molecule has 4 aliphatic heterocycles. The van der Waals surface area contributed by atoms with E-state index < -0.39 is 34.1 Å². The normalized spacial score (nSPS) is 22.9. The molecular formula is C44H64FN5O8. The second-order valence-corrected chi connectivity index (χ2v) is 19.1. The minimum Gasteiger partial charge on any atom is -0.490 e. The highest BCUT2D eigenvalue weighted by molar-refractivity contribution is 5.96. The first-order valence-electron chi connectivity index (χ1n) is 20.9. The molecule has 4 fully saturated rings. The van der Waals surface area contributed by atoms with Crippen molar-refractivity contribution < 1.29 is 43.2 Å². The van der Waals surface area contributed by atoms with Gasteiger partial charge in [0.05, 0.1) is 23.4 Å². The molecule has 0 saturated carbocycles. The van der Waals surface area contributed by atoms with Gasteiger partial charge in [-0.1, -0.05) is 20.8 Å². The van der Waals surface area contributed by atoms with Crippen molar-refractivity contribution in [1.82, 2.24) is 20.0 Å². The first kappa shape index (κ1) is 43.3. The Bertz CT molecular complexity index is 1810. The minimum absolute atomic E-state index is 0.103. The number of nitrogens with zero attached hydrogens (tertiary/aromatic N) is 4. The fourth-order valence-corrected chi connectivity index (χ4v) is 9.11. The lowest BCUT2D eigenvalue weighted by molar-refractivity contribution is -0.0188. The second kappa shape index (κ2) is 16.8. The number of carbonyl (C=O) groups is 3. The molecule has 14 heteroatoms. The van der Waals surface area contributed by atoms with Crippen molar-refractivity contribution in [3.05, 3.63) is 53.3 Å². The number of likely N-dealkylation sites (tertiary alicyclic amines) is 2. The molecule has 0 bridgehead atoms. The molecule has 0 spiro atoms. The Balaban J connectivity index is 1.15. The summed E-state index contributed by atoms with van der Waals surface area (Å²) >= 11 is 0. The number of aliphatic hydroxyl groups is 1. The van der Waals surface area contributed by atoms with E-state index in [0.717, 1.165) is 18.5 Å². The molecule has 0 radical (unpaired) electrons. The van der Waals surface area contributed by atoms with Crippen LogP contribution in [0.2, 0.25) is 0 Å². The van der Waals surface area contributed by atoms with Gasteiger partial charge in [-0.05, 0) is 94.7 Å². The summed E-state index contributed by atoms with van der Waals surface area (Å²) in [5.41, 5.74) is -1.06. The third-order valence-corrected chi connectivity index (χ3v) is 12.3. The van der Waals surface area contributed by atoms with Crippen molar-refractivity contribution in [3.63, 3.8) is 0 Å². The van der Waals surface area contributed by atoms with E-state index in [4.69, 9.17) is 14.2 Å². The van der Waals surface area contributed by atoms with Gasteiger partial charge in [0.15, 0.2) is 0 Å². The lowest BCUT2D eigenvalue weighted by atomic mass is 9.67. The van der Waals surface area contributed by atoms with E-state index in [2.05, 4.69) is 10.2 Å². The average molecular weight is 810 g/mol. The molecule has 3 amide bonds. The number of nitrogens with one attached hydrogen (secondary N) is 1. The summed E-state index contributed by atoms with van der Waals surface area (Å²) in [7, 11) is 0. The number of rotatable bonds is 8. The smallest absolute Gasteiger partial charge is 0.410 e. The highest BCUT2D eigenvalue weighted by Crippen LogP contribution is 2.46. The van der Waals surface area contributed by atoms with E-state index in [9.17, 15) is 24.6 Å². The van der Waals surface area contributed by atoms with E-state index >= 15 is 4.39 Å². The molecule has 4 saturated heterocycles. The van der Waals surface area contributed by atoms with Gasteiger partial charge in [-0.15, -0.1) is 0 Å². The Labute approximate surface area is 342 Å². The molecule has 0 aromatic heterocycles. The van der Waals surface area contributed by atoms with Crippen LogP contribution in [0.25, 0.3) is 0 Å². The molecule has 58 heavy (non-hydrogen) atoms. The number of anilines is 1. The Morgan fingerprint density at radius 1 is 0.810 bits per heavy atom. The van der Waals surface area contributed by atoms with Crippen LogP contribution in [0, 0.1) is 17.2 Å². The summed E-state index contributed by atoms with van der Waals surface area (Å²) in [6.07, 6.45) is 1.42. The van der Waals surface area contributed by atoms with Crippen LogP contribution in [0.5, 0.6) is 11.5 Å². The van der Waals surface area contributed by atoms with Gasteiger partial charge >= 0.3 is 12.2 Å². The van der Waals surface area contributed by atoms with Gasteiger partial charge in [-0.3, -0.25) is 9.69 Å². The third kappa shape index (κ3) is 9.59. The highest BCUT2D eigenvalue weighted by atomic mass is 19.1. The number of hydrogen-bond donors (Lipinski definition) is 3. The van der Waals surface area contributed by atoms with Gasteiger partial charge in [-0.25, -0.2) is 14.0 Å². The van der Waals surface area contributed by atoms with E-state index in [1.54, 1.807) is 17.0 Å². The molecule has 4 heterocycles. The fraction of sp³-hybridized carbons (Fsp3) is 0.659. The summed E-state index contributed by atoms with van der Waals surface area (Å²) in [4.78, 5) is 46.4. The van der Waals surface area contributed by atoms with Crippen molar-refractivity contribution in [2.45, 2.75) is 116 Å². The van der Waals surface area contributed by atoms with Crippen molar-refractivity contribution in [1.29, 1.82) is 0 Å². The fourth-order valence-electron chi connectivity index (χ4n) is 9.11. The second-order valence-electron chi connectivity index (χ2n) is 19.1. The van der Waals surface area contributed by atoms with Gasteiger partial charge < -0.3 is 44.4 Å². The van der Waals surface area contributed by atoms with E-state index in [1.165, 1.54) is 17.0 Å². The standard InChI is InChI=1S/C44H64FN5O8/c1-41(2,3)44(28-46-16-22-50(44)39(52)53)31-24-32(45)26-35(25-31)56-33-13-19-48(20-14-33)38(51)29-9-10-37(36(23-29)47-17-11-30(12-18-47)43(7,8)55)57-34-15-21-49(27-34)40(54)58-42(4,5)6/h9-10,23-26,30,33-34,46,55H,11-22,27-28H2,1-8H3,(H,52,53). The molecule has 2 aromatic carbocycles. The molecule has 2 unspecified atom stereocenters. The average Bonchev–Trinajstić information content (AvgIpc) is 3.62. The van der Waals surface area contributed by atoms with E-state index in [1.807, 2.05) is 72.4 Å². The topological polar surface area (TPSA) is 144 Å². The number of amides is 3. The number of carbonyl (C=O) groups excluding carboxylic acids is 2. The molecular weight excluding hydrogens is 746 g/mol. The SMILES string of the molecule is CC(C)(C)OC(=O)N1CCC(Oc2ccc(C(=O)N3CCC(Oc4cc(F)cc(C5(C(C)(C)C)CNCCN5C(=O)O)c4)CC3)cc2N2CCC(C(C)(C)O)CC2)C1. The Hall–Kier alpha value is -4.30. The number of piperazine rings is 1. The van der Waals surface area contributed by atoms with Crippen molar-refractivity contribution in [2.24, 2.45) is 11.3 Å². The van der Waals surface area contributed by atoms with Gasteiger partial charge in [-0.2, -0.15) is 0 Å². The van der Waals surface area contributed by atoms with Crippen LogP contribution >= 0.6 is 0 Å². The summed E-state index contributed by atoms with van der Waals surface area (Å²) in [6, 6.07) is 10.1. The van der Waals surface area contributed by atoms with Gasteiger partial charge in [0, 0.05) is 83.3 Å². The molecule has 4 aliphatic rings. The summed E-state index contributed by atoms with van der Waals surface area (Å²) in [6.45, 7) is 19.5. The zero-order chi connectivity index (χ0) is 42.2. The summed E-state index contributed by atoms with van der Waals surface area (Å²) < 4.78 is 33.8. The van der Waals surface area contributed by atoms with Crippen LogP contribution in [0.3, 0.4) is 0 Å². The van der Waals surface area contributed by atoms with Crippen LogP contribution in [0.4, 0.5) is 19.7 Å². The molecule has 320 valence electrons. The maximum atomic E-state index is 15.3. The molecule has 13 nitrogen and oxygen atoms in total. The van der Waals surface area contributed by atoms with Gasteiger partial charge in [0.1, 0.15) is 35.1 Å². The van der Waals surface area contributed by atoms with Crippen molar-refractivity contribution >= 4 is 23.8 Å². The predicted molar refractivity (Wildman–Crippen MR) is 219 cm³/mol. The lowest BCUT2D eigenvalue weighted by Crippen LogP contribution is -2.66. The molecule has 0 aliphatic carbocycles. The quantitative estimate of drug-likeness (QED) is 0.263. The van der Waals surface area contributed by atoms with Gasteiger partial charge in [0.2, 0.25) is 0 Å². The molecule has 2 aromatic rings. The van der Waals surface area contributed by atoms with E-state index in [-0.39, 0.29) is 36.7 Å². The first-order chi connectivity index (χ1) is 27.1. The molecule has 6 rings (SSSR count). The van der Waals surface area contributed by atoms with Crippen molar-refractivity contribution in [2.75, 3.05) is 63.8 Å². The molecule has 3 N–H and O–H groups in total. The zero-order valence-electron chi connectivity index (χ0n) is 35.6. The number of benzene rings is 2. The molecule has 2 atom stereocenters. The lowest BCUT2D eigenvalue weighted by Gasteiger charge is -2.54. The van der Waals surface area contributed by atoms with Crippen LogP contribution in [0.15, 0.2) is 36.4 Å². The van der Waals surface area contributed by atoms with Gasteiger partial charge in [0.25, 0.3) is 5.91 Å². The number of halogens is 1. The Morgan fingerprint density at radius 2 is 1.47 bits per heavy atom. The van der Waals surface area contributed by atoms with Crippen LogP contribution in [-0.2, 0) is 10.3 Å². The predicted octanol–water partition coefficient (Wildman–Crippen LogP) is 6.71. The number of carboxylic acid groups (broad SMARTS) is 1. The number of piperidine rings is 2. The largest absolute Gasteiger partial charge is 0.490 e. The maximum absolute atomic E-state index is 15.3. The Morgan fingerprint density at radius 3 is 2.09 bits per heavy atom. The summed E-state index contributed by atoms with van der Waals surface area (Å²) in [5, 5.41) is 24.2. The van der Waals surface area contributed by atoms with E-state index in [0.29, 0.717) is 94.2 Å². The maximum Gasteiger partial charge on any atom is 0.410 e. The van der Waals surface area contributed by atoms with Crippen LogP contribution in [-0.4, -0.2) is 125 Å². The minimum atomic E-state index is -1.05. The van der Waals surface area contributed by atoms with Crippen molar-refractivity contribution in [3.8, 4) is 11.5 Å². The third-order valence-electron chi connectivity index (χ3n) is 12.3.